The minimum absolute atomic E-state index is 0.237. The van der Waals surface area contributed by atoms with Crippen molar-refractivity contribution in [3.8, 4) is 0 Å². The van der Waals surface area contributed by atoms with Crippen molar-refractivity contribution in [3.05, 3.63) is 23.0 Å². The summed E-state index contributed by atoms with van der Waals surface area (Å²) >= 11 is 0. The Kier molecular flexibility index (Phi) is 13.0. The molecule has 0 aliphatic carbocycles. The number of carbonyl (C=O) groups is 1. The number of hydrogen-bond donors (Lipinski definition) is 0. The fourth-order valence-electron chi connectivity index (χ4n) is 2.36. The zero-order valence-electron chi connectivity index (χ0n) is 15.5. The first kappa shape index (κ1) is 20.9. The molecule has 0 aromatic carbocycles. The fraction of sp³-hybridized carbons (Fsp3) is 0.750. The number of esters is 1. The van der Waals surface area contributed by atoms with Gasteiger partial charge in [0.2, 0.25) is 0 Å². The Hall–Kier alpha value is -1.05. The third-order valence-corrected chi connectivity index (χ3v) is 4.01. The van der Waals surface area contributed by atoms with E-state index in [1.807, 2.05) is 20.8 Å². The van der Waals surface area contributed by atoms with E-state index in [4.69, 9.17) is 4.74 Å². The maximum atomic E-state index is 11.2. The van der Waals surface area contributed by atoms with Crippen LogP contribution >= 0.6 is 0 Å². The molecule has 0 spiro atoms. The minimum atomic E-state index is -0.237. The molecule has 0 heterocycles. The molecule has 0 atom stereocenters. The van der Waals surface area contributed by atoms with Gasteiger partial charge < -0.3 is 4.74 Å². The highest BCUT2D eigenvalue weighted by molar-refractivity contribution is 5.68. The number of allylic oxidation sites excluding steroid dienone is 3. The molecule has 2 heteroatoms. The van der Waals surface area contributed by atoms with Gasteiger partial charge in [-0.05, 0) is 45.3 Å². The monoisotopic (exact) mass is 308 g/mol. The van der Waals surface area contributed by atoms with Crippen LogP contribution in [0, 0.1) is 0 Å². The molecule has 0 aromatic heterocycles. The van der Waals surface area contributed by atoms with Crippen molar-refractivity contribution in [2.45, 2.75) is 98.8 Å². The molecule has 2 nitrogen and oxygen atoms in total. The molecule has 0 bridgehead atoms. The van der Waals surface area contributed by atoms with E-state index in [0.29, 0.717) is 0 Å². The van der Waals surface area contributed by atoms with Gasteiger partial charge >= 0.3 is 5.97 Å². The van der Waals surface area contributed by atoms with E-state index in [1.54, 1.807) is 0 Å². The van der Waals surface area contributed by atoms with Gasteiger partial charge in [-0.3, -0.25) is 4.79 Å². The second-order valence-electron chi connectivity index (χ2n) is 6.40. The maximum absolute atomic E-state index is 11.2. The molecule has 0 aliphatic heterocycles. The molecule has 0 fully saturated rings. The first-order valence-corrected chi connectivity index (χ1v) is 9.02. The average molecular weight is 309 g/mol. The molecular weight excluding hydrogens is 272 g/mol. The Morgan fingerprint density at radius 1 is 0.818 bits per heavy atom. The Bertz CT molecular complexity index is 360. The van der Waals surface area contributed by atoms with Crippen molar-refractivity contribution < 1.29 is 9.53 Å². The molecule has 0 aromatic rings. The van der Waals surface area contributed by atoms with Crippen molar-refractivity contribution in [3.63, 3.8) is 0 Å². The quantitative estimate of drug-likeness (QED) is 0.173. The summed E-state index contributed by atoms with van der Waals surface area (Å²) < 4.78 is 5.32. The summed E-state index contributed by atoms with van der Waals surface area (Å²) in [5.74, 6) is 0.506. The van der Waals surface area contributed by atoms with Crippen LogP contribution in [0.25, 0.3) is 0 Å². The van der Waals surface area contributed by atoms with E-state index in [1.165, 1.54) is 70.3 Å². The van der Waals surface area contributed by atoms with Crippen LogP contribution in [0.5, 0.6) is 0 Å². The summed E-state index contributed by atoms with van der Waals surface area (Å²) in [4.78, 5) is 11.2. The number of rotatable bonds is 12. The van der Waals surface area contributed by atoms with Crippen LogP contribution in [0.15, 0.2) is 23.0 Å². The lowest BCUT2D eigenvalue weighted by Crippen LogP contribution is -2.01. The van der Waals surface area contributed by atoms with Gasteiger partial charge in [-0.2, -0.15) is 0 Å². The summed E-state index contributed by atoms with van der Waals surface area (Å²) in [6, 6.07) is 0. The van der Waals surface area contributed by atoms with E-state index in [0.717, 1.165) is 17.8 Å². The van der Waals surface area contributed by atoms with Crippen molar-refractivity contribution in [1.82, 2.24) is 0 Å². The lowest BCUT2D eigenvalue weighted by Gasteiger charge is -2.09. The van der Waals surface area contributed by atoms with Crippen molar-refractivity contribution >= 4 is 5.97 Å². The summed E-state index contributed by atoms with van der Waals surface area (Å²) in [5, 5.41) is 0. The number of unbranched alkanes of at least 4 members (excludes halogenated alkanes) is 9. The van der Waals surface area contributed by atoms with Gasteiger partial charge in [0.15, 0.2) is 0 Å². The van der Waals surface area contributed by atoms with Gasteiger partial charge in [0.05, 0.1) is 0 Å². The van der Waals surface area contributed by atoms with E-state index in [-0.39, 0.29) is 5.97 Å². The van der Waals surface area contributed by atoms with E-state index in [2.05, 4.69) is 13.0 Å². The molecule has 128 valence electrons. The van der Waals surface area contributed by atoms with Crippen LogP contribution in [-0.4, -0.2) is 5.97 Å². The highest BCUT2D eigenvalue weighted by Crippen LogP contribution is 2.18. The second kappa shape index (κ2) is 13.6. The standard InChI is InChI=1S/C20H36O2/c1-6-7-8-9-10-11-12-13-14-15-16-20(22-19(5)21)18(4)17(2)3/h16H,6-15H2,1-5H3/b20-16-. The van der Waals surface area contributed by atoms with Gasteiger partial charge in [-0.25, -0.2) is 0 Å². The molecule has 0 unspecified atom stereocenters. The van der Waals surface area contributed by atoms with Crippen LogP contribution in [0.2, 0.25) is 0 Å². The molecule has 0 saturated heterocycles. The Morgan fingerprint density at radius 3 is 1.77 bits per heavy atom. The smallest absolute Gasteiger partial charge is 0.308 e. The number of ether oxygens (including phenoxy) is 1. The third kappa shape index (κ3) is 11.6. The van der Waals surface area contributed by atoms with Gasteiger partial charge in [-0.1, -0.05) is 63.9 Å². The van der Waals surface area contributed by atoms with Gasteiger partial charge in [0.25, 0.3) is 0 Å². The molecule has 0 saturated carbocycles. The van der Waals surface area contributed by atoms with Crippen LogP contribution < -0.4 is 0 Å². The summed E-state index contributed by atoms with van der Waals surface area (Å²) in [6.45, 7) is 9.83. The summed E-state index contributed by atoms with van der Waals surface area (Å²) in [7, 11) is 0. The van der Waals surface area contributed by atoms with E-state index >= 15 is 0 Å². The van der Waals surface area contributed by atoms with Gasteiger partial charge in [0.1, 0.15) is 5.76 Å². The maximum Gasteiger partial charge on any atom is 0.308 e. The average Bonchev–Trinajstić information content (AvgIpc) is 2.46. The molecular formula is C20H36O2. The summed E-state index contributed by atoms with van der Waals surface area (Å²) in [6.07, 6.45) is 15.1. The lowest BCUT2D eigenvalue weighted by atomic mass is 10.1. The predicted molar refractivity (Wildman–Crippen MR) is 95.7 cm³/mol. The SMILES string of the molecule is CCCCCCCCCCC/C=C(\OC(C)=O)C(C)=C(C)C. The predicted octanol–water partition coefficient (Wildman–Crippen LogP) is 6.71. The van der Waals surface area contributed by atoms with Crippen LogP contribution in [0.1, 0.15) is 98.8 Å². The lowest BCUT2D eigenvalue weighted by molar-refractivity contribution is -0.136. The van der Waals surface area contributed by atoms with E-state index in [9.17, 15) is 4.79 Å². The van der Waals surface area contributed by atoms with Crippen LogP contribution in [0.4, 0.5) is 0 Å². The first-order valence-electron chi connectivity index (χ1n) is 9.02. The van der Waals surface area contributed by atoms with Crippen molar-refractivity contribution in [2.75, 3.05) is 0 Å². The Labute approximate surface area is 138 Å². The first-order chi connectivity index (χ1) is 10.5. The molecule has 0 amide bonds. The minimum Gasteiger partial charge on any atom is -0.427 e. The number of hydrogen-bond acceptors (Lipinski definition) is 2. The van der Waals surface area contributed by atoms with Crippen LogP contribution in [0.3, 0.4) is 0 Å². The topological polar surface area (TPSA) is 26.3 Å². The zero-order valence-corrected chi connectivity index (χ0v) is 15.5. The molecule has 0 radical (unpaired) electrons. The van der Waals surface area contributed by atoms with Crippen LogP contribution in [-0.2, 0) is 9.53 Å². The van der Waals surface area contributed by atoms with Gasteiger partial charge in [-0.15, -0.1) is 0 Å². The highest BCUT2D eigenvalue weighted by Gasteiger charge is 2.06. The summed E-state index contributed by atoms with van der Waals surface area (Å²) in [5.41, 5.74) is 2.27. The van der Waals surface area contributed by atoms with Gasteiger partial charge in [0, 0.05) is 6.92 Å². The third-order valence-electron chi connectivity index (χ3n) is 4.01. The number of carbonyl (C=O) groups excluding carboxylic acids is 1. The fourth-order valence-corrected chi connectivity index (χ4v) is 2.36. The molecule has 22 heavy (non-hydrogen) atoms. The van der Waals surface area contributed by atoms with Crippen molar-refractivity contribution in [1.29, 1.82) is 0 Å². The molecule has 0 rings (SSSR count). The highest BCUT2D eigenvalue weighted by atomic mass is 16.5. The zero-order chi connectivity index (χ0) is 16.8. The van der Waals surface area contributed by atoms with Crippen molar-refractivity contribution in [2.24, 2.45) is 0 Å². The Balaban J connectivity index is 3.91. The second-order valence-corrected chi connectivity index (χ2v) is 6.40. The Morgan fingerprint density at radius 2 is 1.32 bits per heavy atom. The molecule has 0 N–H and O–H groups in total. The van der Waals surface area contributed by atoms with E-state index < -0.39 is 0 Å². The largest absolute Gasteiger partial charge is 0.427 e. The molecule has 0 aliphatic rings. The normalized spacial score (nSPS) is 11.4.